The molecule has 0 unspecified atom stereocenters. The van der Waals surface area contributed by atoms with Gasteiger partial charge >= 0.3 is 0 Å². The Bertz CT molecular complexity index is 3610. The second-order valence-electron chi connectivity index (χ2n) is 14.5. The Kier molecular flexibility index (Phi) is 5.80. The van der Waals surface area contributed by atoms with Gasteiger partial charge in [-0.25, -0.2) is 9.97 Å². The zero-order valence-corrected chi connectivity index (χ0v) is 29.9. The summed E-state index contributed by atoms with van der Waals surface area (Å²) in [6.07, 6.45) is 0. The van der Waals surface area contributed by atoms with Gasteiger partial charge in [-0.3, -0.25) is 4.57 Å². The van der Waals surface area contributed by atoms with Crippen molar-refractivity contribution in [3.05, 3.63) is 176 Å². The van der Waals surface area contributed by atoms with E-state index in [-0.39, 0.29) is 0 Å². The van der Waals surface area contributed by atoms with Crippen LogP contribution in [0, 0.1) is 0 Å². The number of hydrogen-bond acceptors (Lipinski definition) is 3. The van der Waals surface area contributed by atoms with E-state index in [1.807, 2.05) is 30.3 Å². The van der Waals surface area contributed by atoms with Crippen molar-refractivity contribution < 1.29 is 4.74 Å². The summed E-state index contributed by atoms with van der Waals surface area (Å²) in [5.74, 6) is 2.17. The third-order valence-corrected chi connectivity index (χ3v) is 11.6. The fourth-order valence-corrected chi connectivity index (χ4v) is 9.44. The largest absolute Gasteiger partial charge is 0.456 e. The number of ether oxygens (including phenoxy) is 1. The zero-order chi connectivity index (χ0) is 36.5. The minimum Gasteiger partial charge on any atom is -0.456 e. The van der Waals surface area contributed by atoms with Gasteiger partial charge in [0.1, 0.15) is 11.5 Å². The molecule has 12 aromatic rings. The summed E-state index contributed by atoms with van der Waals surface area (Å²) in [7, 11) is 0. The van der Waals surface area contributed by atoms with Crippen LogP contribution in [0.5, 0.6) is 11.5 Å². The molecule has 1 aliphatic heterocycles. The van der Waals surface area contributed by atoms with E-state index in [4.69, 9.17) is 14.7 Å². The maximum atomic E-state index is 6.42. The van der Waals surface area contributed by atoms with Crippen LogP contribution in [-0.4, -0.2) is 23.7 Å². The summed E-state index contributed by atoms with van der Waals surface area (Å²) >= 11 is 0. The Labute approximate surface area is 319 Å². The summed E-state index contributed by atoms with van der Waals surface area (Å²) < 4.78 is 13.6. The molecular weight excluding hydrogens is 687 g/mol. The SMILES string of the molecule is c1ccc(-n2c3ccccc3c3c4c5ccccc5n(-c5ccccc5)c4c4c(c5ccccc5n4-c4nc5c6c(cccc6n4)Oc4ccccc4-5)c32)cc1. The predicted molar refractivity (Wildman–Crippen MR) is 228 cm³/mol. The molecule has 0 saturated carbocycles. The lowest BCUT2D eigenvalue weighted by Gasteiger charge is -2.21. The highest BCUT2D eigenvalue weighted by molar-refractivity contribution is 6.40. The Morgan fingerprint density at radius 2 is 0.857 bits per heavy atom. The van der Waals surface area contributed by atoms with Crippen LogP contribution in [-0.2, 0) is 0 Å². The number of rotatable bonds is 3. The van der Waals surface area contributed by atoms with Crippen LogP contribution in [0.1, 0.15) is 0 Å². The molecule has 5 heterocycles. The maximum absolute atomic E-state index is 6.42. The minimum absolute atomic E-state index is 0.612. The molecule has 0 aliphatic carbocycles. The van der Waals surface area contributed by atoms with Crippen molar-refractivity contribution in [1.82, 2.24) is 23.7 Å². The summed E-state index contributed by atoms with van der Waals surface area (Å²) in [6.45, 7) is 0. The Hall–Kier alpha value is -7.70. The highest BCUT2D eigenvalue weighted by Gasteiger charge is 2.30. The Morgan fingerprint density at radius 3 is 1.54 bits per heavy atom. The average molecular weight is 716 g/mol. The molecule has 13 rings (SSSR count). The van der Waals surface area contributed by atoms with Crippen molar-refractivity contribution in [2.24, 2.45) is 0 Å². The van der Waals surface area contributed by atoms with Crippen molar-refractivity contribution in [1.29, 1.82) is 0 Å². The zero-order valence-electron chi connectivity index (χ0n) is 29.9. The molecule has 6 nitrogen and oxygen atoms in total. The van der Waals surface area contributed by atoms with Crippen molar-refractivity contribution in [3.63, 3.8) is 0 Å². The van der Waals surface area contributed by atoms with E-state index in [1.165, 1.54) is 21.5 Å². The van der Waals surface area contributed by atoms with Crippen LogP contribution in [0.3, 0.4) is 0 Å². The normalized spacial score (nSPS) is 12.4. The van der Waals surface area contributed by atoms with Gasteiger partial charge in [-0.05, 0) is 66.7 Å². The van der Waals surface area contributed by atoms with Crippen LogP contribution >= 0.6 is 0 Å². The number of benzene rings is 8. The highest BCUT2D eigenvalue weighted by Crippen LogP contribution is 2.51. The monoisotopic (exact) mass is 715 g/mol. The molecule has 0 atom stereocenters. The molecule has 0 N–H and O–H groups in total. The number of para-hydroxylation sites is 6. The minimum atomic E-state index is 0.612. The number of fused-ring (bicyclic) bond motifs is 14. The molecule has 4 aromatic heterocycles. The first kappa shape index (κ1) is 29.7. The smallest absolute Gasteiger partial charge is 0.235 e. The molecule has 0 radical (unpaired) electrons. The lowest BCUT2D eigenvalue weighted by Crippen LogP contribution is -2.07. The maximum Gasteiger partial charge on any atom is 0.235 e. The fourth-order valence-electron chi connectivity index (χ4n) is 9.44. The molecule has 0 saturated heterocycles. The van der Waals surface area contributed by atoms with Crippen LogP contribution in [0.15, 0.2) is 176 Å². The third kappa shape index (κ3) is 3.79. The number of nitrogens with zero attached hydrogens (tertiary/aromatic N) is 5. The first-order chi connectivity index (χ1) is 27.8. The van der Waals surface area contributed by atoms with Gasteiger partial charge in [-0.15, -0.1) is 0 Å². The number of aromatic nitrogens is 5. The summed E-state index contributed by atoms with van der Waals surface area (Å²) in [4.78, 5) is 11.0. The van der Waals surface area contributed by atoms with Crippen LogP contribution in [0.4, 0.5) is 0 Å². The Balaban J connectivity index is 1.35. The van der Waals surface area contributed by atoms with Crippen LogP contribution in [0.2, 0.25) is 0 Å². The van der Waals surface area contributed by atoms with E-state index in [0.29, 0.717) is 5.95 Å². The molecule has 0 fully saturated rings. The van der Waals surface area contributed by atoms with Crippen LogP contribution < -0.4 is 4.74 Å². The van der Waals surface area contributed by atoms with Gasteiger partial charge in [0.15, 0.2) is 0 Å². The van der Waals surface area contributed by atoms with Gasteiger partial charge in [0.2, 0.25) is 5.95 Å². The lowest BCUT2D eigenvalue weighted by atomic mass is 10.0. The molecule has 1 aliphatic rings. The van der Waals surface area contributed by atoms with Crippen molar-refractivity contribution in [3.8, 4) is 40.1 Å². The molecule has 260 valence electrons. The molecule has 0 bridgehead atoms. The second kappa shape index (κ2) is 10.9. The predicted octanol–water partition coefficient (Wildman–Crippen LogP) is 12.7. The first-order valence-corrected chi connectivity index (χ1v) is 18.9. The second-order valence-corrected chi connectivity index (χ2v) is 14.5. The van der Waals surface area contributed by atoms with E-state index >= 15 is 0 Å². The van der Waals surface area contributed by atoms with Gasteiger partial charge < -0.3 is 13.9 Å². The van der Waals surface area contributed by atoms with E-state index < -0.39 is 0 Å². The number of hydrogen-bond donors (Lipinski definition) is 0. The molecule has 6 heteroatoms. The summed E-state index contributed by atoms with van der Waals surface area (Å²) in [5.41, 5.74) is 11.5. The fraction of sp³-hybridized carbons (Fsp3) is 0. The molecule has 0 spiro atoms. The molecule has 8 aromatic carbocycles. The molecule has 0 amide bonds. The van der Waals surface area contributed by atoms with Crippen molar-refractivity contribution in [2.75, 3.05) is 0 Å². The van der Waals surface area contributed by atoms with Gasteiger partial charge in [0.05, 0.1) is 49.7 Å². The Morgan fingerprint density at radius 1 is 0.357 bits per heavy atom. The van der Waals surface area contributed by atoms with E-state index in [1.54, 1.807) is 0 Å². The first-order valence-electron chi connectivity index (χ1n) is 18.9. The molecule has 56 heavy (non-hydrogen) atoms. The third-order valence-electron chi connectivity index (χ3n) is 11.6. The van der Waals surface area contributed by atoms with Crippen LogP contribution in [0.25, 0.3) is 105 Å². The standard InChI is InChI=1S/C50H29N5O/c1-3-16-30(17-4-1)53-37-25-11-7-20-32(37)42-43-33-21-8-12-26-38(33)54(31-18-5-2-6-19-31)48(43)49-44(47(42)53)34-22-9-13-27-39(34)55(49)50-51-36-24-15-29-41-45(36)46(52-50)35-23-10-14-28-40(35)56-41/h1-29H. The van der Waals surface area contributed by atoms with Crippen molar-refractivity contribution in [2.45, 2.75) is 0 Å². The molecular formula is C50H29N5O. The van der Waals surface area contributed by atoms with E-state index in [0.717, 1.165) is 88.9 Å². The lowest BCUT2D eigenvalue weighted by molar-refractivity contribution is 0.486. The summed E-state index contributed by atoms with van der Waals surface area (Å²) in [6, 6.07) is 62.2. The van der Waals surface area contributed by atoms with Gasteiger partial charge in [-0.1, -0.05) is 109 Å². The average Bonchev–Trinajstić information content (AvgIpc) is 3.90. The van der Waals surface area contributed by atoms with Crippen molar-refractivity contribution >= 4 is 76.3 Å². The quantitative estimate of drug-likeness (QED) is 0.183. The summed E-state index contributed by atoms with van der Waals surface area (Å²) in [5, 5.41) is 8.03. The topological polar surface area (TPSA) is 49.8 Å². The van der Waals surface area contributed by atoms with Gasteiger partial charge in [-0.2, -0.15) is 0 Å². The van der Waals surface area contributed by atoms with Gasteiger partial charge in [0.25, 0.3) is 0 Å². The van der Waals surface area contributed by atoms with E-state index in [2.05, 4.69) is 159 Å². The highest BCUT2D eigenvalue weighted by atomic mass is 16.5. The van der Waals surface area contributed by atoms with Gasteiger partial charge in [0, 0.05) is 49.3 Å². The van der Waals surface area contributed by atoms with E-state index in [9.17, 15) is 0 Å².